The van der Waals surface area contributed by atoms with Crippen molar-refractivity contribution in [1.29, 1.82) is 0 Å². The molecule has 0 radical (unpaired) electrons. The van der Waals surface area contributed by atoms with Crippen LogP contribution in [0.25, 0.3) is 26.3 Å². The molecule has 3 heterocycles. The molecule has 1 aromatic carbocycles. The molecule has 6 nitrogen and oxygen atoms in total. The van der Waals surface area contributed by atoms with Gasteiger partial charge in [-0.15, -0.1) is 11.3 Å². The maximum absolute atomic E-state index is 13.1. The Morgan fingerprint density at radius 2 is 1.90 bits per heavy atom. The normalized spacial score (nSPS) is 11.9. The zero-order chi connectivity index (χ0) is 20.9. The number of nitrogens with zero attached hydrogens (tertiary/aromatic N) is 3. The van der Waals surface area contributed by atoms with E-state index in [2.05, 4.69) is 4.37 Å². The Balaban J connectivity index is 1.95. The van der Waals surface area contributed by atoms with E-state index in [1.165, 1.54) is 36.0 Å². The first-order chi connectivity index (χ1) is 13.7. The molecule has 0 unspecified atom stereocenters. The van der Waals surface area contributed by atoms with Crippen LogP contribution in [0.2, 0.25) is 0 Å². The van der Waals surface area contributed by atoms with E-state index in [-0.39, 0.29) is 5.69 Å². The molecule has 0 fully saturated rings. The van der Waals surface area contributed by atoms with Gasteiger partial charge in [0.15, 0.2) is 0 Å². The highest BCUT2D eigenvalue weighted by atomic mass is 32.1. The van der Waals surface area contributed by atoms with Gasteiger partial charge in [-0.1, -0.05) is 0 Å². The molecule has 0 aliphatic carbocycles. The summed E-state index contributed by atoms with van der Waals surface area (Å²) in [6.45, 7) is 0. The van der Waals surface area contributed by atoms with E-state index in [1.54, 1.807) is 18.2 Å². The van der Waals surface area contributed by atoms with Gasteiger partial charge in [-0.05, 0) is 41.2 Å². The third-order valence-electron chi connectivity index (χ3n) is 4.39. The molecule has 0 spiro atoms. The molecule has 0 saturated heterocycles. The first kappa shape index (κ1) is 19.4. The van der Waals surface area contributed by atoms with Crippen LogP contribution in [0.4, 0.5) is 13.2 Å². The summed E-state index contributed by atoms with van der Waals surface area (Å²) in [5, 5.41) is 2.52. The summed E-state index contributed by atoms with van der Waals surface area (Å²) in [5.41, 5.74) is -2.66. The van der Waals surface area contributed by atoms with E-state index in [0.717, 1.165) is 16.6 Å². The molecule has 0 aliphatic rings. The Morgan fingerprint density at radius 3 is 2.59 bits per heavy atom. The Kier molecular flexibility index (Phi) is 4.58. The lowest BCUT2D eigenvalue weighted by Gasteiger charge is -2.14. The fourth-order valence-corrected chi connectivity index (χ4v) is 4.68. The highest BCUT2D eigenvalue weighted by Crippen LogP contribution is 2.40. The van der Waals surface area contributed by atoms with Crippen molar-refractivity contribution in [2.75, 3.05) is 7.11 Å². The second-order valence-corrected chi connectivity index (χ2v) is 7.79. The highest BCUT2D eigenvalue weighted by molar-refractivity contribution is 7.16. The lowest BCUT2D eigenvalue weighted by molar-refractivity contribution is -0.144. The average molecular weight is 439 g/mol. The Hall–Kier alpha value is -2.92. The molecule has 0 N–H and O–H groups in total. The van der Waals surface area contributed by atoms with Gasteiger partial charge in [0.25, 0.3) is 5.56 Å². The summed E-state index contributed by atoms with van der Waals surface area (Å²) >= 11 is 2.66. The van der Waals surface area contributed by atoms with E-state index < -0.39 is 23.1 Å². The van der Waals surface area contributed by atoms with E-state index in [1.807, 2.05) is 5.38 Å². The van der Waals surface area contributed by atoms with Crippen LogP contribution in [0.3, 0.4) is 0 Å². The van der Waals surface area contributed by atoms with Gasteiger partial charge in [0.1, 0.15) is 17.1 Å². The first-order valence-electron chi connectivity index (χ1n) is 8.14. The summed E-state index contributed by atoms with van der Waals surface area (Å²) in [6, 6.07) is 6.97. The van der Waals surface area contributed by atoms with Gasteiger partial charge in [0, 0.05) is 18.5 Å². The second-order valence-electron chi connectivity index (χ2n) is 6.07. The number of hydrogen-bond donors (Lipinski definition) is 0. The van der Waals surface area contributed by atoms with Crippen molar-refractivity contribution in [2.24, 2.45) is 7.05 Å². The number of halogens is 3. The minimum Gasteiger partial charge on any atom is -0.495 e. The van der Waals surface area contributed by atoms with Crippen molar-refractivity contribution in [3.8, 4) is 22.0 Å². The third-order valence-corrected chi connectivity index (χ3v) is 6.12. The largest absolute Gasteiger partial charge is 0.495 e. The van der Waals surface area contributed by atoms with Crippen LogP contribution in [0, 0.1) is 0 Å². The zero-order valence-electron chi connectivity index (χ0n) is 15.0. The van der Waals surface area contributed by atoms with E-state index in [9.17, 15) is 22.8 Å². The van der Waals surface area contributed by atoms with Crippen molar-refractivity contribution in [1.82, 2.24) is 13.5 Å². The lowest BCUT2D eigenvalue weighted by Crippen LogP contribution is -2.40. The smallest absolute Gasteiger partial charge is 0.431 e. The van der Waals surface area contributed by atoms with Crippen LogP contribution >= 0.6 is 22.9 Å². The molecule has 29 heavy (non-hydrogen) atoms. The molecule has 0 amide bonds. The van der Waals surface area contributed by atoms with Crippen LogP contribution in [0.5, 0.6) is 5.75 Å². The number of rotatable bonds is 3. The number of benzene rings is 1. The Bertz CT molecular complexity index is 1350. The molecule has 0 aliphatic heterocycles. The molecule has 0 saturated carbocycles. The van der Waals surface area contributed by atoms with Gasteiger partial charge >= 0.3 is 11.9 Å². The summed E-state index contributed by atoms with van der Waals surface area (Å²) < 4.78 is 50.9. The number of alkyl halides is 3. The van der Waals surface area contributed by atoms with Crippen molar-refractivity contribution >= 4 is 33.0 Å². The van der Waals surface area contributed by atoms with Gasteiger partial charge in [0.2, 0.25) is 0 Å². The molecule has 3 aromatic heterocycles. The molecule has 4 rings (SSSR count). The fraction of sp³-hybridized carbons (Fsp3) is 0.167. The predicted molar refractivity (Wildman–Crippen MR) is 105 cm³/mol. The molecule has 11 heteroatoms. The number of hydrogen-bond acceptors (Lipinski definition) is 6. The third kappa shape index (κ3) is 3.15. The summed E-state index contributed by atoms with van der Waals surface area (Å²) in [5.74, 6) is 0.634. The van der Waals surface area contributed by atoms with Crippen molar-refractivity contribution in [3.63, 3.8) is 0 Å². The van der Waals surface area contributed by atoms with Gasteiger partial charge in [-0.3, -0.25) is 9.36 Å². The minimum atomic E-state index is -4.81. The van der Waals surface area contributed by atoms with Gasteiger partial charge in [-0.25, -0.2) is 9.36 Å². The maximum atomic E-state index is 13.1. The first-order valence-corrected chi connectivity index (χ1v) is 9.79. The predicted octanol–water partition coefficient (Wildman–Crippen LogP) is 3.90. The van der Waals surface area contributed by atoms with Crippen molar-refractivity contribution in [3.05, 3.63) is 62.2 Å². The number of fused-ring (bicyclic) bond motifs is 1. The Labute approximate surface area is 169 Å². The number of ether oxygens (including phenoxy) is 1. The quantitative estimate of drug-likeness (QED) is 0.486. The minimum absolute atomic E-state index is 0.161. The average Bonchev–Trinajstić information content (AvgIpc) is 3.29. The van der Waals surface area contributed by atoms with Crippen LogP contribution in [0.15, 0.2) is 45.3 Å². The standard InChI is InChI=1S/C18H12F3N3O3S2/c1-23-13(18(19,20)21)8-14(25)24(17(23)26)9-3-4-12-10(7-9)15(22-29-12)16-11(27-2)5-6-28-16/h3-8H,1-2H3. The fourth-order valence-electron chi connectivity index (χ4n) is 3.00. The van der Waals surface area contributed by atoms with E-state index >= 15 is 0 Å². The molecule has 150 valence electrons. The SMILES string of the molecule is COc1ccsc1-c1nsc2ccc(-n3c(=O)cc(C(F)(F)F)n(C)c3=O)cc12. The molecule has 0 bridgehead atoms. The van der Waals surface area contributed by atoms with Crippen LogP contribution in [0.1, 0.15) is 5.69 Å². The molecular weight excluding hydrogens is 427 g/mol. The van der Waals surface area contributed by atoms with Crippen molar-refractivity contribution in [2.45, 2.75) is 6.18 Å². The van der Waals surface area contributed by atoms with Crippen LogP contribution < -0.4 is 16.0 Å². The number of methoxy groups -OCH3 is 1. The van der Waals surface area contributed by atoms with E-state index in [4.69, 9.17) is 4.74 Å². The molecule has 0 atom stereocenters. The maximum Gasteiger partial charge on any atom is 0.431 e. The monoisotopic (exact) mass is 439 g/mol. The summed E-state index contributed by atoms with van der Waals surface area (Å²) in [7, 11) is 2.52. The molecule has 4 aromatic rings. The van der Waals surface area contributed by atoms with Crippen molar-refractivity contribution < 1.29 is 17.9 Å². The second kappa shape index (κ2) is 6.85. The van der Waals surface area contributed by atoms with Crippen LogP contribution in [-0.2, 0) is 13.2 Å². The van der Waals surface area contributed by atoms with Gasteiger partial charge in [-0.2, -0.15) is 17.5 Å². The van der Waals surface area contributed by atoms with Gasteiger partial charge < -0.3 is 4.74 Å². The van der Waals surface area contributed by atoms with E-state index in [0.29, 0.717) is 32.0 Å². The number of thiophene rings is 1. The Morgan fingerprint density at radius 1 is 1.14 bits per heavy atom. The highest BCUT2D eigenvalue weighted by Gasteiger charge is 2.35. The van der Waals surface area contributed by atoms with Gasteiger partial charge in [0.05, 0.1) is 22.4 Å². The van der Waals surface area contributed by atoms with Crippen LogP contribution in [-0.4, -0.2) is 20.6 Å². The number of aromatic nitrogens is 3. The summed E-state index contributed by atoms with van der Waals surface area (Å²) in [4.78, 5) is 25.7. The lowest BCUT2D eigenvalue weighted by atomic mass is 10.1. The topological polar surface area (TPSA) is 66.1 Å². The molecular formula is C18H12F3N3O3S2. The zero-order valence-corrected chi connectivity index (χ0v) is 16.6. The summed E-state index contributed by atoms with van der Waals surface area (Å²) in [6.07, 6.45) is -4.81.